The largest absolute Gasteiger partial charge is 0.497 e. The minimum absolute atomic E-state index is 0.748. The average molecular weight is 243 g/mol. The number of hydrogen-bond donors (Lipinski definition) is 1. The first-order valence-electron chi connectivity index (χ1n) is 5.73. The first-order chi connectivity index (χ1) is 8.63. The predicted octanol–water partition coefficient (Wildman–Crippen LogP) is 3.26. The van der Waals surface area contributed by atoms with Crippen LogP contribution in [0.4, 0.5) is 5.69 Å². The first kappa shape index (κ1) is 12.3. The van der Waals surface area contributed by atoms with Crippen LogP contribution >= 0.6 is 0 Å². The number of nitrogens with two attached hydrogens (primary N) is 1. The van der Waals surface area contributed by atoms with Gasteiger partial charge in [0.15, 0.2) is 0 Å². The van der Waals surface area contributed by atoms with Gasteiger partial charge in [-0.1, -0.05) is 6.07 Å². The number of aryl methyl sites for hydroxylation is 1. The second-order valence-electron chi connectivity index (χ2n) is 4.18. The molecule has 18 heavy (non-hydrogen) atoms. The molecule has 0 saturated carbocycles. The number of methoxy groups -OCH3 is 2. The number of anilines is 1. The summed E-state index contributed by atoms with van der Waals surface area (Å²) in [6, 6.07) is 11.7. The van der Waals surface area contributed by atoms with E-state index in [1.807, 2.05) is 36.4 Å². The van der Waals surface area contributed by atoms with Crippen molar-refractivity contribution in [2.45, 2.75) is 6.92 Å². The highest BCUT2D eigenvalue weighted by Gasteiger charge is 2.07. The molecular weight excluding hydrogens is 226 g/mol. The molecule has 2 aromatic carbocycles. The minimum atomic E-state index is 0.748. The normalized spacial score (nSPS) is 10.2. The molecule has 0 radical (unpaired) electrons. The summed E-state index contributed by atoms with van der Waals surface area (Å²) in [7, 11) is 3.29. The van der Waals surface area contributed by atoms with Crippen LogP contribution in [-0.2, 0) is 0 Å². The molecule has 0 spiro atoms. The van der Waals surface area contributed by atoms with Gasteiger partial charge in [0.05, 0.1) is 14.2 Å². The first-order valence-corrected chi connectivity index (χ1v) is 5.73. The number of hydrogen-bond acceptors (Lipinski definition) is 3. The van der Waals surface area contributed by atoms with Gasteiger partial charge in [-0.05, 0) is 47.9 Å². The molecule has 0 unspecified atom stereocenters. The van der Waals surface area contributed by atoms with Gasteiger partial charge in [-0.2, -0.15) is 0 Å². The zero-order valence-corrected chi connectivity index (χ0v) is 10.9. The molecular formula is C15H17NO2. The monoisotopic (exact) mass is 243 g/mol. The third kappa shape index (κ3) is 2.40. The van der Waals surface area contributed by atoms with Gasteiger partial charge < -0.3 is 15.2 Å². The molecule has 0 heterocycles. The Bertz CT molecular complexity index is 542. The maximum Gasteiger partial charge on any atom is 0.123 e. The van der Waals surface area contributed by atoms with Gasteiger partial charge in [0, 0.05) is 11.8 Å². The summed E-state index contributed by atoms with van der Waals surface area (Å²) in [6.07, 6.45) is 0. The maximum absolute atomic E-state index is 5.84. The Labute approximate surface area is 107 Å². The Balaban J connectivity index is 2.58. The van der Waals surface area contributed by atoms with Crippen LogP contribution in [0.5, 0.6) is 11.5 Å². The molecule has 0 aliphatic carbocycles. The van der Waals surface area contributed by atoms with Crippen molar-refractivity contribution in [2.75, 3.05) is 20.0 Å². The summed E-state index contributed by atoms with van der Waals surface area (Å²) in [5.74, 6) is 1.54. The van der Waals surface area contributed by atoms with Crippen molar-refractivity contribution in [1.29, 1.82) is 0 Å². The smallest absolute Gasteiger partial charge is 0.123 e. The van der Waals surface area contributed by atoms with Crippen LogP contribution in [0.25, 0.3) is 11.1 Å². The van der Waals surface area contributed by atoms with E-state index in [0.717, 1.165) is 28.3 Å². The van der Waals surface area contributed by atoms with Gasteiger partial charge in [0.25, 0.3) is 0 Å². The predicted molar refractivity (Wildman–Crippen MR) is 74.1 cm³/mol. The summed E-state index contributed by atoms with van der Waals surface area (Å²) in [6.45, 7) is 2.06. The molecule has 0 aromatic heterocycles. The Morgan fingerprint density at radius 2 is 1.50 bits per heavy atom. The number of nitrogen functional groups attached to an aromatic ring is 1. The highest BCUT2D eigenvalue weighted by atomic mass is 16.5. The zero-order chi connectivity index (χ0) is 13.1. The highest BCUT2D eigenvalue weighted by Crippen LogP contribution is 2.32. The molecule has 3 heteroatoms. The van der Waals surface area contributed by atoms with Crippen molar-refractivity contribution >= 4 is 5.69 Å². The van der Waals surface area contributed by atoms with Crippen LogP contribution in [0.3, 0.4) is 0 Å². The quantitative estimate of drug-likeness (QED) is 0.841. The van der Waals surface area contributed by atoms with Gasteiger partial charge >= 0.3 is 0 Å². The SMILES string of the molecule is COc1cc(OC)cc(-c2cc(N)ccc2C)c1. The fraction of sp³-hybridized carbons (Fsp3) is 0.200. The topological polar surface area (TPSA) is 44.5 Å². The molecule has 0 amide bonds. The Morgan fingerprint density at radius 3 is 2.06 bits per heavy atom. The number of benzene rings is 2. The molecule has 0 aliphatic heterocycles. The maximum atomic E-state index is 5.84. The van der Waals surface area contributed by atoms with E-state index in [0.29, 0.717) is 0 Å². The van der Waals surface area contributed by atoms with Gasteiger partial charge in [-0.15, -0.1) is 0 Å². The molecule has 0 bridgehead atoms. The van der Waals surface area contributed by atoms with E-state index in [9.17, 15) is 0 Å². The van der Waals surface area contributed by atoms with Gasteiger partial charge in [0.2, 0.25) is 0 Å². The summed E-state index contributed by atoms with van der Waals surface area (Å²) in [5, 5.41) is 0. The standard InChI is InChI=1S/C15H17NO2/c1-10-4-5-12(16)8-15(10)11-6-13(17-2)9-14(7-11)18-3/h4-9H,16H2,1-3H3. The van der Waals surface area contributed by atoms with Crippen molar-refractivity contribution in [3.8, 4) is 22.6 Å². The van der Waals surface area contributed by atoms with E-state index >= 15 is 0 Å². The molecule has 2 rings (SSSR count). The minimum Gasteiger partial charge on any atom is -0.497 e. The summed E-state index contributed by atoms with van der Waals surface area (Å²) in [4.78, 5) is 0. The summed E-state index contributed by atoms with van der Waals surface area (Å²) in [5.41, 5.74) is 9.89. The lowest BCUT2D eigenvalue weighted by atomic mass is 9.99. The van der Waals surface area contributed by atoms with Gasteiger partial charge in [-0.3, -0.25) is 0 Å². The molecule has 0 aliphatic rings. The molecule has 0 saturated heterocycles. The fourth-order valence-electron chi connectivity index (χ4n) is 1.91. The van der Waals surface area contributed by atoms with Gasteiger partial charge in [-0.25, -0.2) is 0 Å². The van der Waals surface area contributed by atoms with Crippen molar-refractivity contribution in [2.24, 2.45) is 0 Å². The highest BCUT2D eigenvalue weighted by molar-refractivity contribution is 5.73. The molecule has 3 nitrogen and oxygen atoms in total. The zero-order valence-electron chi connectivity index (χ0n) is 10.9. The second kappa shape index (κ2) is 5.00. The van der Waals surface area contributed by atoms with E-state index in [1.165, 1.54) is 5.56 Å². The lowest BCUT2D eigenvalue weighted by Crippen LogP contribution is -1.92. The number of rotatable bonds is 3. The van der Waals surface area contributed by atoms with E-state index in [2.05, 4.69) is 6.92 Å². The average Bonchev–Trinajstić information content (AvgIpc) is 2.40. The summed E-state index contributed by atoms with van der Waals surface area (Å²) >= 11 is 0. The van der Waals surface area contributed by atoms with E-state index in [-0.39, 0.29) is 0 Å². The molecule has 2 N–H and O–H groups in total. The van der Waals surface area contributed by atoms with Crippen LogP contribution in [0.2, 0.25) is 0 Å². The van der Waals surface area contributed by atoms with Crippen LogP contribution in [0.1, 0.15) is 5.56 Å². The molecule has 0 fully saturated rings. The number of ether oxygens (including phenoxy) is 2. The van der Waals surface area contributed by atoms with Crippen molar-refractivity contribution in [1.82, 2.24) is 0 Å². The van der Waals surface area contributed by atoms with E-state index < -0.39 is 0 Å². The van der Waals surface area contributed by atoms with E-state index in [4.69, 9.17) is 15.2 Å². The van der Waals surface area contributed by atoms with Crippen molar-refractivity contribution < 1.29 is 9.47 Å². The third-order valence-corrected chi connectivity index (χ3v) is 2.92. The Morgan fingerprint density at radius 1 is 0.889 bits per heavy atom. The Kier molecular flexibility index (Phi) is 3.42. The molecule has 2 aromatic rings. The molecule has 0 atom stereocenters. The van der Waals surface area contributed by atoms with Crippen LogP contribution in [0.15, 0.2) is 36.4 Å². The van der Waals surface area contributed by atoms with Crippen LogP contribution in [0, 0.1) is 6.92 Å². The second-order valence-corrected chi connectivity index (χ2v) is 4.18. The van der Waals surface area contributed by atoms with Gasteiger partial charge in [0.1, 0.15) is 11.5 Å². The Hall–Kier alpha value is -2.16. The summed E-state index contributed by atoms with van der Waals surface area (Å²) < 4.78 is 10.6. The van der Waals surface area contributed by atoms with Crippen LogP contribution < -0.4 is 15.2 Å². The fourth-order valence-corrected chi connectivity index (χ4v) is 1.91. The van der Waals surface area contributed by atoms with E-state index in [1.54, 1.807) is 14.2 Å². The van der Waals surface area contributed by atoms with Crippen molar-refractivity contribution in [3.05, 3.63) is 42.0 Å². The van der Waals surface area contributed by atoms with Crippen molar-refractivity contribution in [3.63, 3.8) is 0 Å². The molecule has 94 valence electrons. The lowest BCUT2D eigenvalue weighted by molar-refractivity contribution is 0.394. The third-order valence-electron chi connectivity index (χ3n) is 2.92. The van der Waals surface area contributed by atoms with Crippen LogP contribution in [-0.4, -0.2) is 14.2 Å². The lowest BCUT2D eigenvalue weighted by Gasteiger charge is -2.11.